The van der Waals surface area contributed by atoms with Gasteiger partial charge in [0.1, 0.15) is 18.1 Å². The Morgan fingerprint density at radius 2 is 1.88 bits per heavy atom. The van der Waals surface area contributed by atoms with E-state index in [9.17, 15) is 13.7 Å². The number of benzene rings is 2. The molecule has 10 heteroatoms. The van der Waals surface area contributed by atoms with Crippen molar-refractivity contribution in [2.75, 3.05) is 17.6 Å². The molecule has 0 aliphatic carbocycles. The van der Waals surface area contributed by atoms with Gasteiger partial charge >= 0.3 is 0 Å². The van der Waals surface area contributed by atoms with E-state index in [1.165, 1.54) is 6.26 Å². The molecular formula is C24H26ClN3O5S. The van der Waals surface area contributed by atoms with Crippen LogP contribution in [0.25, 0.3) is 0 Å². The Kier molecular flexibility index (Phi) is 7.75. The molecule has 0 bridgehead atoms. The zero-order valence-corrected chi connectivity index (χ0v) is 21.0. The minimum atomic E-state index is -3.43. The van der Waals surface area contributed by atoms with E-state index < -0.39 is 15.4 Å². The van der Waals surface area contributed by atoms with Crippen LogP contribution in [-0.2, 0) is 22.0 Å². The molecule has 0 aliphatic rings. The molecule has 0 amide bonds. The van der Waals surface area contributed by atoms with Gasteiger partial charge in [0.25, 0.3) is 0 Å². The maximum atomic E-state index is 11.3. The maximum Gasteiger partial charge on any atom is 0.234 e. The van der Waals surface area contributed by atoms with Crippen molar-refractivity contribution in [3.63, 3.8) is 0 Å². The first kappa shape index (κ1) is 25.4. The van der Waals surface area contributed by atoms with E-state index in [2.05, 4.69) is 15.8 Å². The Bertz CT molecular complexity index is 1300. The Hall–Kier alpha value is -3.22. The summed E-state index contributed by atoms with van der Waals surface area (Å²) in [5.74, 6) is 1.34. The molecule has 3 rings (SSSR count). The third-order valence-corrected chi connectivity index (χ3v) is 5.98. The predicted molar refractivity (Wildman–Crippen MR) is 130 cm³/mol. The second-order valence-electron chi connectivity index (χ2n) is 8.23. The molecular weight excluding hydrogens is 478 g/mol. The lowest BCUT2D eigenvalue weighted by molar-refractivity contribution is 0.263. The molecule has 34 heavy (non-hydrogen) atoms. The summed E-state index contributed by atoms with van der Waals surface area (Å²) >= 11 is 6.46. The van der Waals surface area contributed by atoms with Crippen LogP contribution in [0.15, 0.2) is 47.1 Å². The minimum Gasteiger partial charge on any atom is -0.491 e. The second-order valence-corrected chi connectivity index (χ2v) is 10.4. The zero-order chi connectivity index (χ0) is 24.9. The zero-order valence-electron chi connectivity index (χ0n) is 19.4. The summed E-state index contributed by atoms with van der Waals surface area (Å²) in [5, 5.41) is 10.0. The van der Waals surface area contributed by atoms with Crippen LogP contribution >= 0.6 is 11.6 Å². The largest absolute Gasteiger partial charge is 0.491 e. The lowest BCUT2D eigenvalue weighted by Gasteiger charge is -2.27. The van der Waals surface area contributed by atoms with Gasteiger partial charge in [-0.25, -0.2) is 8.42 Å². The number of hydrogen-bond donors (Lipinski definition) is 1. The number of nitriles is 1. The molecule has 0 saturated heterocycles. The van der Waals surface area contributed by atoms with Gasteiger partial charge in [-0.3, -0.25) is 4.72 Å². The molecule has 1 heterocycles. The number of nitrogens with zero attached hydrogens (tertiary/aromatic N) is 2. The van der Waals surface area contributed by atoms with Crippen LogP contribution in [0.1, 0.15) is 49.8 Å². The number of rotatable bonds is 10. The molecule has 0 saturated carbocycles. The molecule has 8 nitrogen and oxygen atoms in total. The fraction of sp³-hybridized carbons (Fsp3) is 0.333. The topological polar surface area (TPSA) is 114 Å². The molecule has 0 spiro atoms. The lowest BCUT2D eigenvalue weighted by atomic mass is 9.77. The number of anilines is 1. The monoisotopic (exact) mass is 503 g/mol. The van der Waals surface area contributed by atoms with Crippen LogP contribution in [0.4, 0.5) is 5.82 Å². The summed E-state index contributed by atoms with van der Waals surface area (Å²) < 4.78 is 41.4. The van der Waals surface area contributed by atoms with Crippen LogP contribution in [-0.4, -0.2) is 26.3 Å². The number of sulfonamides is 1. The third-order valence-electron chi connectivity index (χ3n) is 5.12. The van der Waals surface area contributed by atoms with E-state index in [-0.39, 0.29) is 18.3 Å². The van der Waals surface area contributed by atoms with E-state index in [1.54, 1.807) is 0 Å². The lowest BCUT2D eigenvalue weighted by Crippen LogP contribution is -2.19. The van der Waals surface area contributed by atoms with Crippen LogP contribution < -0.4 is 14.2 Å². The summed E-state index contributed by atoms with van der Waals surface area (Å²) in [7, 11) is -3.43. The van der Waals surface area contributed by atoms with Crippen molar-refractivity contribution < 1.29 is 22.3 Å². The highest BCUT2D eigenvalue weighted by Gasteiger charge is 2.26. The molecule has 180 valence electrons. The van der Waals surface area contributed by atoms with E-state index in [0.717, 1.165) is 23.8 Å². The number of oxazole rings is 1. The standard InChI is InChI=1S/C24H26ClN3O5S/c1-5-10-31-23-16(13-26)11-18(12-20(23)25)24(2,3)17-6-8-19(9-7-17)32-15-22-27-21(14-33-22)28-34(4,29)30/h6-9,11-12,14,28H,5,10,15H2,1-4H3. The smallest absolute Gasteiger partial charge is 0.234 e. The average Bonchev–Trinajstić information content (AvgIpc) is 3.22. The van der Waals surface area contributed by atoms with Crippen molar-refractivity contribution in [2.45, 2.75) is 39.2 Å². The quantitative estimate of drug-likeness (QED) is 0.401. The normalized spacial score (nSPS) is 11.6. The third kappa shape index (κ3) is 6.22. The van der Waals surface area contributed by atoms with Gasteiger partial charge in [-0.2, -0.15) is 10.2 Å². The van der Waals surface area contributed by atoms with Gasteiger partial charge in [0.15, 0.2) is 18.2 Å². The fourth-order valence-corrected chi connectivity index (χ4v) is 4.03. The Balaban J connectivity index is 1.73. The molecule has 1 N–H and O–H groups in total. The van der Waals surface area contributed by atoms with E-state index in [1.807, 2.05) is 57.2 Å². The Morgan fingerprint density at radius 1 is 1.18 bits per heavy atom. The average molecular weight is 504 g/mol. The van der Waals surface area contributed by atoms with Gasteiger partial charge in [0, 0.05) is 5.41 Å². The number of halogens is 1. The summed E-state index contributed by atoms with van der Waals surface area (Å²) in [4.78, 5) is 4.03. The minimum absolute atomic E-state index is 0.0363. The molecule has 0 atom stereocenters. The highest BCUT2D eigenvalue weighted by Crippen LogP contribution is 2.38. The summed E-state index contributed by atoms with van der Waals surface area (Å²) in [6, 6.07) is 13.3. The first-order chi connectivity index (χ1) is 16.0. The molecule has 1 aromatic heterocycles. The SMILES string of the molecule is CCCOc1c(Cl)cc(C(C)(C)c2ccc(OCc3nc(NS(C)(=O)=O)co3)cc2)cc1C#N. The van der Waals surface area contributed by atoms with Gasteiger partial charge in [0.05, 0.1) is 23.4 Å². The number of hydrogen-bond acceptors (Lipinski definition) is 7. The van der Waals surface area contributed by atoms with Gasteiger partial charge in [-0.05, 0) is 41.8 Å². The van der Waals surface area contributed by atoms with Crippen molar-refractivity contribution in [3.8, 4) is 17.6 Å². The maximum absolute atomic E-state index is 11.3. The summed E-state index contributed by atoms with van der Waals surface area (Å²) in [6.45, 7) is 6.61. The van der Waals surface area contributed by atoms with Crippen LogP contribution in [0.3, 0.4) is 0 Å². The highest BCUT2D eigenvalue weighted by atomic mass is 35.5. The second kappa shape index (κ2) is 10.4. The van der Waals surface area contributed by atoms with Crippen molar-refractivity contribution in [1.82, 2.24) is 4.98 Å². The summed E-state index contributed by atoms with van der Waals surface area (Å²) in [5.41, 5.74) is 1.85. The van der Waals surface area contributed by atoms with Crippen LogP contribution in [0.5, 0.6) is 11.5 Å². The van der Waals surface area contributed by atoms with E-state index in [4.69, 9.17) is 25.5 Å². The fourth-order valence-electron chi connectivity index (χ4n) is 3.28. The van der Waals surface area contributed by atoms with Gasteiger partial charge < -0.3 is 13.9 Å². The first-order valence-electron chi connectivity index (χ1n) is 10.6. The van der Waals surface area contributed by atoms with Crippen molar-refractivity contribution in [1.29, 1.82) is 5.26 Å². The van der Waals surface area contributed by atoms with Gasteiger partial charge in [-0.1, -0.05) is 44.5 Å². The van der Waals surface area contributed by atoms with Crippen LogP contribution in [0, 0.1) is 11.3 Å². The molecule has 3 aromatic rings. The first-order valence-corrected chi connectivity index (χ1v) is 12.8. The Morgan fingerprint density at radius 3 is 2.50 bits per heavy atom. The van der Waals surface area contributed by atoms with Crippen molar-refractivity contribution >= 4 is 27.4 Å². The molecule has 0 radical (unpaired) electrons. The molecule has 2 aromatic carbocycles. The predicted octanol–water partition coefficient (Wildman–Crippen LogP) is 5.26. The van der Waals surface area contributed by atoms with E-state index in [0.29, 0.717) is 28.7 Å². The van der Waals surface area contributed by atoms with Gasteiger partial charge in [0.2, 0.25) is 15.9 Å². The molecule has 0 fully saturated rings. The Labute approximate surface area is 204 Å². The number of aromatic nitrogens is 1. The van der Waals surface area contributed by atoms with Crippen molar-refractivity contribution in [3.05, 3.63) is 70.3 Å². The molecule has 0 aliphatic heterocycles. The number of nitrogens with one attached hydrogen (secondary N) is 1. The number of ether oxygens (including phenoxy) is 2. The van der Waals surface area contributed by atoms with Crippen LogP contribution in [0.2, 0.25) is 5.02 Å². The summed E-state index contributed by atoms with van der Waals surface area (Å²) in [6.07, 6.45) is 3.06. The van der Waals surface area contributed by atoms with E-state index >= 15 is 0 Å². The van der Waals surface area contributed by atoms with Gasteiger partial charge in [-0.15, -0.1) is 0 Å². The molecule has 0 unspecified atom stereocenters. The highest BCUT2D eigenvalue weighted by molar-refractivity contribution is 7.92. The van der Waals surface area contributed by atoms with Crippen molar-refractivity contribution in [2.24, 2.45) is 0 Å².